The van der Waals surface area contributed by atoms with Crippen LogP contribution in [0.2, 0.25) is 0 Å². The molecule has 0 aliphatic heterocycles. The quantitative estimate of drug-likeness (QED) is 0.849. The Balaban J connectivity index is 2.73. The van der Waals surface area contributed by atoms with Gasteiger partial charge in [0.15, 0.2) is 0 Å². The lowest BCUT2D eigenvalue weighted by Gasteiger charge is -2.25. The Labute approximate surface area is 107 Å². The van der Waals surface area contributed by atoms with Gasteiger partial charge >= 0.3 is 0 Å². The molecule has 0 aliphatic rings. The number of likely N-dealkylation sites (N-methyl/N-ethyl adjacent to an activating group) is 1. The minimum Gasteiger partial charge on any atom is -0.394 e. The van der Waals surface area contributed by atoms with Gasteiger partial charge in [-0.3, -0.25) is 4.79 Å². The van der Waals surface area contributed by atoms with Crippen molar-refractivity contribution in [1.29, 1.82) is 5.26 Å². The molecular weight excluding hydrogens is 228 g/mol. The van der Waals surface area contributed by atoms with Crippen molar-refractivity contribution >= 4 is 5.91 Å². The summed E-state index contributed by atoms with van der Waals surface area (Å²) in [5.41, 5.74) is 0.961. The summed E-state index contributed by atoms with van der Waals surface area (Å²) in [6, 6.07) is 11.2. The second kappa shape index (κ2) is 6.77. The Morgan fingerprint density at radius 3 is 2.56 bits per heavy atom. The van der Waals surface area contributed by atoms with E-state index in [0.29, 0.717) is 6.42 Å². The van der Waals surface area contributed by atoms with Crippen LogP contribution in [0.15, 0.2) is 30.3 Å². The summed E-state index contributed by atoms with van der Waals surface area (Å²) in [7, 11) is 1.61. The van der Waals surface area contributed by atoms with Crippen molar-refractivity contribution in [2.24, 2.45) is 5.92 Å². The number of nitrogens with zero attached hydrogens (tertiary/aromatic N) is 2. The van der Waals surface area contributed by atoms with Gasteiger partial charge in [-0.25, -0.2) is 0 Å². The number of amides is 1. The van der Waals surface area contributed by atoms with Crippen molar-refractivity contribution in [2.75, 3.05) is 13.7 Å². The molecule has 18 heavy (non-hydrogen) atoms. The normalized spacial score (nSPS) is 13.4. The highest BCUT2D eigenvalue weighted by Crippen LogP contribution is 2.12. The topological polar surface area (TPSA) is 64.3 Å². The van der Waals surface area contributed by atoms with E-state index in [-0.39, 0.29) is 18.6 Å². The van der Waals surface area contributed by atoms with Crippen molar-refractivity contribution < 1.29 is 9.90 Å². The Hall–Kier alpha value is -1.86. The third-order valence-corrected chi connectivity index (χ3v) is 3.01. The maximum atomic E-state index is 12.1. The first-order valence-electron chi connectivity index (χ1n) is 5.91. The van der Waals surface area contributed by atoms with E-state index in [4.69, 9.17) is 10.4 Å². The predicted octanol–water partition coefficient (Wildman–Crippen LogP) is 1.21. The molecule has 1 aromatic carbocycles. The fourth-order valence-electron chi connectivity index (χ4n) is 1.62. The minimum atomic E-state index is -0.702. The molecule has 1 rings (SSSR count). The minimum absolute atomic E-state index is 0.105. The fourth-order valence-corrected chi connectivity index (χ4v) is 1.62. The smallest absolute Gasteiger partial charge is 0.240 e. The van der Waals surface area contributed by atoms with Gasteiger partial charge in [0.25, 0.3) is 0 Å². The number of nitriles is 1. The van der Waals surface area contributed by atoms with Crippen molar-refractivity contribution in [2.45, 2.75) is 19.4 Å². The van der Waals surface area contributed by atoms with Crippen molar-refractivity contribution in [1.82, 2.24) is 4.90 Å². The van der Waals surface area contributed by atoms with Gasteiger partial charge < -0.3 is 10.0 Å². The van der Waals surface area contributed by atoms with Crippen molar-refractivity contribution in [3.8, 4) is 6.07 Å². The molecule has 0 heterocycles. The molecule has 0 aromatic heterocycles. The number of aliphatic hydroxyl groups excluding tert-OH is 1. The first-order valence-corrected chi connectivity index (χ1v) is 5.91. The van der Waals surface area contributed by atoms with Crippen LogP contribution in [0.5, 0.6) is 0 Å². The number of carbonyl (C=O) groups is 1. The number of hydrogen-bond acceptors (Lipinski definition) is 3. The maximum Gasteiger partial charge on any atom is 0.240 e. The molecule has 2 atom stereocenters. The van der Waals surface area contributed by atoms with Crippen molar-refractivity contribution in [3.05, 3.63) is 35.9 Å². The van der Waals surface area contributed by atoms with Crippen LogP contribution < -0.4 is 0 Å². The van der Waals surface area contributed by atoms with Crippen LogP contribution in [0.4, 0.5) is 0 Å². The lowest BCUT2D eigenvalue weighted by molar-refractivity contribution is -0.134. The van der Waals surface area contributed by atoms with Gasteiger partial charge in [0.05, 0.1) is 18.7 Å². The Kier molecular flexibility index (Phi) is 5.34. The molecule has 96 valence electrons. The standard InChI is InChI=1S/C14H18N2O2/c1-11(10-17)16(2)14(18)13(9-15)8-12-6-4-3-5-7-12/h3-7,11,13,17H,8,10H2,1-2H3. The van der Waals surface area contributed by atoms with Crippen LogP contribution in [-0.2, 0) is 11.2 Å². The molecule has 0 aliphatic carbocycles. The van der Waals surface area contributed by atoms with Crippen LogP contribution >= 0.6 is 0 Å². The average Bonchev–Trinajstić information content (AvgIpc) is 2.43. The monoisotopic (exact) mass is 246 g/mol. The summed E-state index contributed by atoms with van der Waals surface area (Å²) >= 11 is 0. The third kappa shape index (κ3) is 3.57. The summed E-state index contributed by atoms with van der Waals surface area (Å²) in [6.07, 6.45) is 0.401. The molecule has 4 nitrogen and oxygen atoms in total. The van der Waals surface area contributed by atoms with E-state index in [1.807, 2.05) is 36.4 Å². The van der Waals surface area contributed by atoms with Gasteiger partial charge in [-0.2, -0.15) is 5.26 Å². The van der Waals surface area contributed by atoms with E-state index in [1.54, 1.807) is 14.0 Å². The van der Waals surface area contributed by atoms with Gasteiger partial charge in [-0.1, -0.05) is 30.3 Å². The number of rotatable bonds is 5. The zero-order valence-electron chi connectivity index (χ0n) is 10.7. The van der Waals surface area contributed by atoms with Gasteiger partial charge in [0, 0.05) is 7.05 Å². The SMILES string of the molecule is CC(CO)N(C)C(=O)C(C#N)Cc1ccccc1. The lowest BCUT2D eigenvalue weighted by Crippen LogP contribution is -2.41. The molecule has 2 unspecified atom stereocenters. The summed E-state index contributed by atoms with van der Waals surface area (Å²) < 4.78 is 0. The highest BCUT2D eigenvalue weighted by molar-refractivity contribution is 5.81. The molecule has 1 aromatic rings. The van der Waals surface area contributed by atoms with Gasteiger partial charge in [-0.05, 0) is 18.9 Å². The maximum absolute atomic E-state index is 12.1. The molecule has 1 N–H and O–H groups in total. The molecule has 0 fully saturated rings. The van der Waals surface area contributed by atoms with Crippen LogP contribution in [0.1, 0.15) is 12.5 Å². The molecule has 4 heteroatoms. The fraction of sp³-hybridized carbons (Fsp3) is 0.429. The number of aliphatic hydroxyl groups is 1. The van der Waals surface area contributed by atoms with E-state index in [2.05, 4.69) is 0 Å². The number of benzene rings is 1. The lowest BCUT2D eigenvalue weighted by atomic mass is 9.99. The summed E-state index contributed by atoms with van der Waals surface area (Å²) in [4.78, 5) is 13.5. The van der Waals surface area contributed by atoms with Crippen LogP contribution in [-0.4, -0.2) is 35.6 Å². The summed E-state index contributed by atoms with van der Waals surface area (Å²) in [5, 5.41) is 18.1. The molecule has 0 spiro atoms. The Bertz CT molecular complexity index is 425. The molecular formula is C14H18N2O2. The van der Waals surface area contributed by atoms with E-state index in [9.17, 15) is 4.79 Å². The van der Waals surface area contributed by atoms with Gasteiger partial charge in [0.2, 0.25) is 5.91 Å². The third-order valence-electron chi connectivity index (χ3n) is 3.01. The van der Waals surface area contributed by atoms with E-state index >= 15 is 0 Å². The van der Waals surface area contributed by atoms with Gasteiger partial charge in [-0.15, -0.1) is 0 Å². The molecule has 0 saturated heterocycles. The zero-order valence-corrected chi connectivity index (χ0v) is 10.7. The Morgan fingerprint density at radius 2 is 2.06 bits per heavy atom. The predicted molar refractivity (Wildman–Crippen MR) is 68.6 cm³/mol. The molecule has 0 radical (unpaired) electrons. The first kappa shape index (κ1) is 14.2. The van der Waals surface area contributed by atoms with Crippen molar-refractivity contribution in [3.63, 3.8) is 0 Å². The highest BCUT2D eigenvalue weighted by Gasteiger charge is 2.24. The van der Waals surface area contributed by atoms with Crippen LogP contribution in [0.3, 0.4) is 0 Å². The average molecular weight is 246 g/mol. The molecule has 0 saturated carbocycles. The van der Waals surface area contributed by atoms with Crippen LogP contribution in [0.25, 0.3) is 0 Å². The number of hydrogen-bond donors (Lipinski definition) is 1. The molecule has 0 bridgehead atoms. The molecule has 1 amide bonds. The Morgan fingerprint density at radius 1 is 1.44 bits per heavy atom. The first-order chi connectivity index (χ1) is 8.60. The zero-order chi connectivity index (χ0) is 13.5. The van der Waals surface area contributed by atoms with Gasteiger partial charge in [0.1, 0.15) is 5.92 Å². The second-order valence-corrected chi connectivity index (χ2v) is 4.35. The summed E-state index contributed by atoms with van der Waals surface area (Å²) in [6.45, 7) is 1.64. The van der Waals surface area contributed by atoms with E-state index in [1.165, 1.54) is 4.90 Å². The summed E-state index contributed by atoms with van der Waals surface area (Å²) in [5.74, 6) is -0.950. The second-order valence-electron chi connectivity index (χ2n) is 4.35. The highest BCUT2D eigenvalue weighted by atomic mass is 16.3. The van der Waals surface area contributed by atoms with E-state index < -0.39 is 5.92 Å². The number of carbonyl (C=O) groups excluding carboxylic acids is 1. The largest absolute Gasteiger partial charge is 0.394 e. The van der Waals surface area contributed by atoms with E-state index in [0.717, 1.165) is 5.56 Å². The van der Waals surface area contributed by atoms with Crippen LogP contribution in [0, 0.1) is 17.2 Å².